The third kappa shape index (κ3) is 16.6. The Bertz CT molecular complexity index is 2470. The van der Waals surface area contributed by atoms with Gasteiger partial charge in [0.15, 0.2) is 46.0 Å². The van der Waals surface area contributed by atoms with Crippen LogP contribution in [0.2, 0.25) is 0 Å². The van der Waals surface area contributed by atoms with Crippen LogP contribution in [0.5, 0.6) is 46.0 Å². The molecule has 28 heteroatoms. The quantitative estimate of drug-likeness (QED) is 0.0320. The first-order valence-electron chi connectivity index (χ1n) is 21.7. The molecule has 0 aliphatic rings. The molecule has 2 unspecified atom stereocenters. The molecule has 4 aromatic rings. The number of carbonyl (C=O) groups excluding carboxylic acids is 8. The number of rotatable bonds is 23. The highest BCUT2D eigenvalue weighted by atomic mass is 17.3. The zero-order chi connectivity index (χ0) is 55.6. The normalized spacial score (nSPS) is 11.0. The molecule has 0 saturated heterocycles. The van der Waals surface area contributed by atoms with E-state index in [-0.39, 0.29) is 81.1 Å². The van der Waals surface area contributed by atoms with Gasteiger partial charge in [-0.1, -0.05) is 24.3 Å². The van der Waals surface area contributed by atoms with Crippen LogP contribution in [0, 0.1) is 11.8 Å². The van der Waals surface area contributed by atoms with Gasteiger partial charge in [0, 0.05) is 11.8 Å². The first-order valence-corrected chi connectivity index (χ1v) is 21.7. The Morgan fingerprint density at radius 2 is 0.553 bits per heavy atom. The van der Waals surface area contributed by atoms with E-state index in [2.05, 4.69) is 39.1 Å². The molecule has 0 fully saturated rings. The fraction of sp³-hybridized carbons (Fsp3) is 0.333. The Morgan fingerprint density at radius 1 is 0.316 bits per heavy atom. The van der Waals surface area contributed by atoms with E-state index in [1.54, 1.807) is 0 Å². The summed E-state index contributed by atoms with van der Waals surface area (Å²) in [6.45, 7) is -2.72. The lowest BCUT2D eigenvalue weighted by atomic mass is 9.88. The third-order valence-corrected chi connectivity index (χ3v) is 10.1. The summed E-state index contributed by atoms with van der Waals surface area (Å²) in [5.41, 5.74) is -0.805. The van der Waals surface area contributed by atoms with Gasteiger partial charge in [-0.25, -0.2) is 58.3 Å². The van der Waals surface area contributed by atoms with Crippen molar-refractivity contribution in [1.82, 2.24) is 0 Å². The Balaban J connectivity index is 1.52. The van der Waals surface area contributed by atoms with Gasteiger partial charge in [0.05, 0.1) is 83.3 Å². The number of methoxy groups -OCH3 is 8. The molecule has 4 aromatic carbocycles. The molecule has 0 saturated carbocycles. The molecule has 0 aliphatic heterocycles. The third-order valence-electron chi connectivity index (χ3n) is 10.1. The summed E-state index contributed by atoms with van der Waals surface area (Å²) in [5, 5.41) is 0. The van der Waals surface area contributed by atoms with Crippen LogP contribution in [-0.2, 0) is 58.0 Å². The van der Waals surface area contributed by atoms with Gasteiger partial charge in [-0.3, -0.25) is 0 Å². The zero-order valence-electron chi connectivity index (χ0n) is 41.8. The fourth-order valence-electron chi connectivity index (χ4n) is 6.60. The van der Waals surface area contributed by atoms with Crippen molar-refractivity contribution in [3.05, 3.63) is 95.1 Å². The summed E-state index contributed by atoms with van der Waals surface area (Å²) in [4.78, 5) is 139. The van der Waals surface area contributed by atoms with Gasteiger partial charge < -0.3 is 56.8 Å². The van der Waals surface area contributed by atoms with E-state index < -0.39 is 86.8 Å². The van der Waals surface area contributed by atoms with Crippen molar-refractivity contribution in [3.8, 4) is 46.0 Å². The van der Waals surface area contributed by atoms with Crippen LogP contribution in [0.1, 0.15) is 54.3 Å². The number of benzene rings is 4. The number of hydrogen-bond acceptors (Lipinski definition) is 28. The highest BCUT2D eigenvalue weighted by Gasteiger charge is 2.30. The second kappa shape index (κ2) is 30.3. The second-order valence-corrected chi connectivity index (χ2v) is 14.4. The van der Waals surface area contributed by atoms with E-state index in [1.807, 2.05) is 0 Å². The van der Waals surface area contributed by atoms with E-state index in [0.717, 1.165) is 0 Å². The van der Waals surface area contributed by atoms with Gasteiger partial charge >= 0.3 is 48.5 Å². The minimum Gasteiger partial charge on any atom is -0.493 e. The average molecular weight is 1070 g/mol. The smallest absolute Gasteiger partial charge is 0.493 e. The first kappa shape index (κ1) is 58.8. The Morgan fingerprint density at radius 3 is 0.776 bits per heavy atom. The lowest BCUT2D eigenvalue weighted by Gasteiger charge is -2.26. The van der Waals surface area contributed by atoms with E-state index in [1.165, 1.54) is 130 Å². The molecule has 0 amide bonds. The molecule has 0 aromatic heterocycles. The van der Waals surface area contributed by atoms with Crippen LogP contribution in [-0.4, -0.2) is 132 Å². The van der Waals surface area contributed by atoms with Crippen molar-refractivity contribution in [2.24, 2.45) is 11.8 Å². The van der Waals surface area contributed by atoms with Crippen LogP contribution < -0.4 is 37.9 Å². The molecular weight excluding hydrogens is 1020 g/mol. The Kier molecular flexibility index (Phi) is 23.5. The van der Waals surface area contributed by atoms with Crippen LogP contribution in [0.3, 0.4) is 0 Å². The molecule has 28 nitrogen and oxygen atoms in total. The summed E-state index contributed by atoms with van der Waals surface area (Å²) in [6, 6.07) is 16.8. The summed E-state index contributed by atoms with van der Waals surface area (Å²) < 4.78 is 62.0. The molecule has 0 N–H and O–H groups in total. The van der Waals surface area contributed by atoms with Gasteiger partial charge in [-0.15, -0.1) is 0 Å². The van der Waals surface area contributed by atoms with Crippen LogP contribution in [0.15, 0.2) is 72.8 Å². The molecule has 4 rings (SSSR count). The predicted molar refractivity (Wildman–Crippen MR) is 246 cm³/mol. The molecule has 76 heavy (non-hydrogen) atoms. The topological polar surface area (TPSA) is 321 Å². The Hall–Kier alpha value is -9.76. The summed E-state index contributed by atoms with van der Waals surface area (Å²) in [5.74, 6) is -6.69. The predicted octanol–water partition coefficient (Wildman–Crippen LogP) is 6.77. The van der Waals surface area contributed by atoms with Gasteiger partial charge in [0.2, 0.25) is 0 Å². The molecule has 0 bridgehead atoms. The summed E-state index contributed by atoms with van der Waals surface area (Å²) in [7, 11) is 10.3. The zero-order valence-corrected chi connectivity index (χ0v) is 41.8. The molecule has 0 aliphatic carbocycles. The van der Waals surface area contributed by atoms with Gasteiger partial charge in [-0.05, 0) is 61.4 Å². The van der Waals surface area contributed by atoms with Crippen LogP contribution in [0.4, 0.5) is 19.2 Å². The molecule has 410 valence electrons. The van der Waals surface area contributed by atoms with Crippen molar-refractivity contribution in [2.45, 2.75) is 12.8 Å². The summed E-state index contributed by atoms with van der Waals surface area (Å²) in [6.07, 6.45) is -7.00. The highest BCUT2D eigenvalue weighted by Crippen LogP contribution is 2.34. The minimum atomic E-state index is -1.60. The molecule has 0 heterocycles. The van der Waals surface area contributed by atoms with Crippen LogP contribution in [0.25, 0.3) is 0 Å². The van der Waals surface area contributed by atoms with E-state index in [9.17, 15) is 38.4 Å². The molecule has 0 radical (unpaired) electrons. The number of carbonyl (C=O) groups is 8. The summed E-state index contributed by atoms with van der Waals surface area (Å²) >= 11 is 0. The van der Waals surface area contributed by atoms with E-state index >= 15 is 0 Å². The maximum Gasteiger partial charge on any atom is 0.549 e. The maximum atomic E-state index is 12.9. The van der Waals surface area contributed by atoms with Crippen molar-refractivity contribution in [1.29, 1.82) is 0 Å². The average Bonchev–Trinajstić information content (AvgIpc) is 3.45. The van der Waals surface area contributed by atoms with E-state index in [4.69, 9.17) is 56.8 Å². The van der Waals surface area contributed by atoms with Gasteiger partial charge in [0.25, 0.3) is 0 Å². The minimum absolute atomic E-state index is 0.0392. The van der Waals surface area contributed by atoms with Crippen molar-refractivity contribution < 1.29 is 134 Å². The fourth-order valence-corrected chi connectivity index (χ4v) is 6.60. The second-order valence-electron chi connectivity index (χ2n) is 14.4. The van der Waals surface area contributed by atoms with Crippen molar-refractivity contribution >= 4 is 48.5 Å². The molecule has 0 spiro atoms. The molecule has 2 atom stereocenters. The van der Waals surface area contributed by atoms with E-state index in [0.29, 0.717) is 0 Å². The van der Waals surface area contributed by atoms with Crippen molar-refractivity contribution in [3.63, 3.8) is 0 Å². The largest absolute Gasteiger partial charge is 0.549 e. The number of hydrogen-bond donors (Lipinski definition) is 0. The number of ether oxygens (including phenoxy) is 12. The standard InChI is InChI=1S/C48H50O28/c1-57-33-17-9-13-29(37(33)61-5)41(49)69-73-45(53)65-23-21-27(25-67-47(55)75-71-43(51)31-15-11-19-35(59-3)39(31)63-7)28(26-68-48(56)76-72-44(52)32-16-12-20-36(60-4)40(32)64-8)22-24-66-46(54)74-70-42(50)30-14-10-18-34(58-2)38(30)62-6/h9-20,27-28H,21-26H2,1-8H3. The van der Waals surface area contributed by atoms with Gasteiger partial charge in [-0.2, -0.15) is 19.2 Å². The van der Waals surface area contributed by atoms with Crippen LogP contribution >= 0.6 is 0 Å². The first-order chi connectivity index (χ1) is 36.7. The van der Waals surface area contributed by atoms with Gasteiger partial charge in [0.1, 0.15) is 22.3 Å². The Labute approximate surface area is 431 Å². The number of para-hydroxylation sites is 4. The lowest BCUT2D eigenvalue weighted by molar-refractivity contribution is -0.208. The molecular formula is C48H50O28. The lowest BCUT2D eigenvalue weighted by Crippen LogP contribution is -2.30. The van der Waals surface area contributed by atoms with Crippen molar-refractivity contribution in [2.75, 3.05) is 83.3 Å². The SMILES string of the molecule is COc1cccc(C(=O)OOC(=O)OCCC(COC(=O)OOC(=O)c2cccc(OC)c2OC)C(CCOC(=O)OOC(=O)c2cccc(OC)c2OC)COC(=O)OOC(=O)c2cccc(OC)c2OC)c1OC. The highest BCUT2D eigenvalue weighted by molar-refractivity contribution is 5.95. The maximum absolute atomic E-state index is 12.9. The monoisotopic (exact) mass is 1070 g/mol.